The third-order valence-electron chi connectivity index (χ3n) is 3.60. The summed E-state index contributed by atoms with van der Waals surface area (Å²) in [5.41, 5.74) is 1.60. The molecule has 0 heterocycles. The van der Waals surface area contributed by atoms with Crippen LogP contribution in [0.2, 0.25) is 0 Å². The lowest BCUT2D eigenvalue weighted by Crippen LogP contribution is -2.24. The average molecular weight is 282 g/mol. The van der Waals surface area contributed by atoms with Gasteiger partial charge >= 0.3 is 10.1 Å². The van der Waals surface area contributed by atoms with E-state index < -0.39 is 15.4 Å². The molecule has 1 saturated carbocycles. The van der Waals surface area contributed by atoms with Gasteiger partial charge in [0, 0.05) is 0 Å². The molecule has 104 valence electrons. The molecule has 0 radical (unpaired) electrons. The number of rotatable bonds is 4. The van der Waals surface area contributed by atoms with Crippen LogP contribution < -0.4 is 0 Å². The van der Waals surface area contributed by atoms with Crippen LogP contribution in [-0.4, -0.2) is 19.4 Å². The lowest BCUT2D eigenvalue weighted by molar-refractivity contribution is 0.320. The van der Waals surface area contributed by atoms with Crippen LogP contribution in [-0.2, 0) is 14.4 Å². The molecule has 0 N–H and O–H groups in total. The van der Waals surface area contributed by atoms with Crippen molar-refractivity contribution in [2.24, 2.45) is 5.16 Å². The Balaban J connectivity index is 1.96. The summed E-state index contributed by atoms with van der Waals surface area (Å²) in [6.07, 6.45) is 7.86. The average Bonchev–Trinajstić information content (AvgIpc) is 2.86. The largest absolute Gasteiger partial charge is 0.331 e. The molecule has 19 heavy (non-hydrogen) atoms. The quantitative estimate of drug-likeness (QED) is 0.742. The third kappa shape index (κ3) is 3.80. The molecule has 1 fully saturated rings. The molecule has 0 aromatic heterocycles. The second-order valence-corrected chi connectivity index (χ2v) is 6.85. The number of allylic oxidation sites excluding steroid dienone is 2. The van der Waals surface area contributed by atoms with E-state index in [-0.39, 0.29) is 0 Å². The lowest BCUT2D eigenvalue weighted by Gasteiger charge is -2.19. The summed E-state index contributed by atoms with van der Waals surface area (Å²) in [6.45, 7) is 0. The van der Waals surface area contributed by atoms with Gasteiger partial charge in [-0.1, -0.05) is 30.0 Å². The van der Waals surface area contributed by atoms with Crippen LogP contribution in [0.5, 0.6) is 0 Å². The van der Waals surface area contributed by atoms with E-state index in [1.807, 2.05) is 0 Å². The number of hydrogen-bond acceptors (Lipinski definition) is 5. The van der Waals surface area contributed by atoms with Crippen molar-refractivity contribution >= 4 is 15.8 Å². The van der Waals surface area contributed by atoms with E-state index in [0.29, 0.717) is 31.4 Å². The molecule has 0 aromatic rings. The Morgan fingerprint density at radius 3 is 2.74 bits per heavy atom. The van der Waals surface area contributed by atoms with Gasteiger partial charge < -0.3 is 0 Å². The molecule has 0 bridgehead atoms. The van der Waals surface area contributed by atoms with E-state index in [1.165, 1.54) is 0 Å². The van der Waals surface area contributed by atoms with Crippen LogP contribution in [0.15, 0.2) is 16.8 Å². The topological polar surface area (TPSA) is 79.5 Å². The SMILES string of the molecule is N#CCC1=C/C(=N\OS(=O)(=O)C2CCCCC2)CC1. The van der Waals surface area contributed by atoms with Crippen molar-refractivity contribution in [3.05, 3.63) is 11.6 Å². The summed E-state index contributed by atoms with van der Waals surface area (Å²) < 4.78 is 28.7. The van der Waals surface area contributed by atoms with E-state index in [4.69, 9.17) is 9.55 Å². The fourth-order valence-electron chi connectivity index (χ4n) is 2.50. The maximum absolute atomic E-state index is 11.9. The van der Waals surface area contributed by atoms with E-state index in [0.717, 1.165) is 31.3 Å². The molecule has 0 atom stereocenters. The Bertz CT molecular complexity index is 523. The van der Waals surface area contributed by atoms with Gasteiger partial charge in [-0.05, 0) is 31.8 Å². The fourth-order valence-corrected chi connectivity index (χ4v) is 3.73. The Morgan fingerprint density at radius 1 is 1.32 bits per heavy atom. The molecule has 2 aliphatic carbocycles. The van der Waals surface area contributed by atoms with Gasteiger partial charge in [0.1, 0.15) is 0 Å². The molecule has 6 heteroatoms. The zero-order valence-electron chi connectivity index (χ0n) is 10.8. The molecule has 0 aliphatic heterocycles. The second-order valence-electron chi connectivity index (χ2n) is 5.05. The summed E-state index contributed by atoms with van der Waals surface area (Å²) in [5, 5.41) is 11.9. The van der Waals surface area contributed by atoms with Crippen molar-refractivity contribution in [2.45, 2.75) is 56.6 Å². The Morgan fingerprint density at radius 2 is 2.05 bits per heavy atom. The number of oxime groups is 1. The third-order valence-corrected chi connectivity index (χ3v) is 5.17. The van der Waals surface area contributed by atoms with Gasteiger partial charge in [0.2, 0.25) is 0 Å². The molecule has 0 amide bonds. The van der Waals surface area contributed by atoms with Gasteiger partial charge in [-0.2, -0.15) is 13.7 Å². The van der Waals surface area contributed by atoms with Crippen LogP contribution in [0.1, 0.15) is 51.4 Å². The predicted molar refractivity (Wildman–Crippen MR) is 71.9 cm³/mol. The zero-order valence-corrected chi connectivity index (χ0v) is 11.7. The summed E-state index contributed by atoms with van der Waals surface area (Å²) >= 11 is 0. The summed E-state index contributed by atoms with van der Waals surface area (Å²) in [4.78, 5) is 0. The number of nitriles is 1. The van der Waals surface area contributed by atoms with Gasteiger partial charge in [0.05, 0.1) is 23.5 Å². The first-order valence-corrected chi connectivity index (χ1v) is 8.14. The first kappa shape index (κ1) is 14.1. The van der Waals surface area contributed by atoms with Crippen LogP contribution >= 0.6 is 0 Å². The van der Waals surface area contributed by atoms with Gasteiger partial charge in [-0.15, -0.1) is 0 Å². The highest BCUT2D eigenvalue weighted by atomic mass is 32.2. The number of nitrogens with zero attached hydrogens (tertiary/aromatic N) is 2. The van der Waals surface area contributed by atoms with Gasteiger partial charge in [-0.3, -0.25) is 4.28 Å². The lowest BCUT2D eigenvalue weighted by atomic mass is 10.0. The standard InChI is InChI=1S/C13H18N2O3S/c14-9-8-11-6-7-12(10-11)15-18-19(16,17)13-4-2-1-3-5-13/h10,13H,1-8H2/b15-12-. The molecule has 0 unspecified atom stereocenters. The molecule has 2 rings (SSSR count). The van der Waals surface area contributed by atoms with Crippen LogP contribution in [0, 0.1) is 11.3 Å². The molecular formula is C13H18N2O3S. The molecule has 5 nitrogen and oxygen atoms in total. The summed E-state index contributed by atoms with van der Waals surface area (Å²) in [5.74, 6) is 0. The monoisotopic (exact) mass is 282 g/mol. The number of hydrogen-bond donors (Lipinski definition) is 0. The smallest absolute Gasteiger partial charge is 0.268 e. The van der Waals surface area contributed by atoms with Crippen molar-refractivity contribution in [2.75, 3.05) is 0 Å². The highest BCUT2D eigenvalue weighted by molar-refractivity contribution is 7.87. The van der Waals surface area contributed by atoms with Gasteiger partial charge in [0.15, 0.2) is 0 Å². The molecule has 0 saturated heterocycles. The molecule has 0 aromatic carbocycles. The Kier molecular flexibility index (Phi) is 4.59. The minimum Gasteiger partial charge on any atom is -0.268 e. The van der Waals surface area contributed by atoms with Crippen molar-refractivity contribution < 1.29 is 12.7 Å². The first-order chi connectivity index (χ1) is 9.12. The second kappa shape index (κ2) is 6.20. The maximum Gasteiger partial charge on any atom is 0.331 e. The van der Waals surface area contributed by atoms with Crippen molar-refractivity contribution in [3.63, 3.8) is 0 Å². The van der Waals surface area contributed by atoms with Gasteiger partial charge in [-0.25, -0.2) is 0 Å². The zero-order chi connectivity index (χ0) is 13.7. The predicted octanol–water partition coefficient (Wildman–Crippen LogP) is 2.66. The van der Waals surface area contributed by atoms with Crippen LogP contribution in [0.3, 0.4) is 0 Å². The van der Waals surface area contributed by atoms with Crippen molar-refractivity contribution in [3.8, 4) is 6.07 Å². The maximum atomic E-state index is 11.9. The van der Waals surface area contributed by atoms with Crippen LogP contribution in [0.25, 0.3) is 0 Å². The normalized spacial score (nSPS) is 23.1. The fraction of sp³-hybridized carbons (Fsp3) is 0.692. The van der Waals surface area contributed by atoms with E-state index in [9.17, 15) is 8.42 Å². The summed E-state index contributed by atoms with van der Waals surface area (Å²) in [7, 11) is -3.58. The van der Waals surface area contributed by atoms with E-state index in [1.54, 1.807) is 6.08 Å². The first-order valence-electron chi connectivity index (χ1n) is 6.67. The van der Waals surface area contributed by atoms with E-state index in [2.05, 4.69) is 11.2 Å². The van der Waals surface area contributed by atoms with E-state index >= 15 is 0 Å². The Labute approximate surface area is 114 Å². The molecule has 2 aliphatic rings. The van der Waals surface area contributed by atoms with Crippen LogP contribution in [0.4, 0.5) is 0 Å². The minimum absolute atomic E-state index is 0.369. The Hall–Kier alpha value is -1.35. The molecular weight excluding hydrogens is 264 g/mol. The summed E-state index contributed by atoms with van der Waals surface area (Å²) in [6, 6.07) is 2.07. The van der Waals surface area contributed by atoms with Gasteiger partial charge in [0.25, 0.3) is 0 Å². The minimum atomic E-state index is -3.58. The van der Waals surface area contributed by atoms with Crippen molar-refractivity contribution in [1.29, 1.82) is 5.26 Å². The highest BCUT2D eigenvalue weighted by Crippen LogP contribution is 2.25. The molecule has 0 spiro atoms. The highest BCUT2D eigenvalue weighted by Gasteiger charge is 2.29. The van der Waals surface area contributed by atoms with Crippen molar-refractivity contribution in [1.82, 2.24) is 0 Å².